The van der Waals surface area contributed by atoms with E-state index < -0.39 is 5.82 Å². The van der Waals surface area contributed by atoms with Crippen molar-refractivity contribution in [3.63, 3.8) is 0 Å². The van der Waals surface area contributed by atoms with Crippen LogP contribution in [-0.2, 0) is 0 Å². The van der Waals surface area contributed by atoms with E-state index in [1.54, 1.807) is 0 Å². The molecule has 0 bridgehead atoms. The van der Waals surface area contributed by atoms with E-state index in [0.29, 0.717) is 11.9 Å². The topological polar surface area (TPSA) is 58.0 Å². The normalized spacial score (nSPS) is 29.0. The van der Waals surface area contributed by atoms with Crippen LogP contribution in [0.25, 0.3) is 0 Å². The van der Waals surface area contributed by atoms with Crippen molar-refractivity contribution in [3.8, 4) is 0 Å². The van der Waals surface area contributed by atoms with Crippen molar-refractivity contribution in [2.24, 2.45) is 5.92 Å². The third-order valence-electron chi connectivity index (χ3n) is 3.39. The number of aromatic nitrogens is 2. The van der Waals surface area contributed by atoms with Gasteiger partial charge in [-0.05, 0) is 18.8 Å². The molecule has 1 heterocycles. The first-order valence-corrected chi connectivity index (χ1v) is 6.00. The molecular weight excluding hydrogens is 221 g/mol. The molecule has 0 radical (unpaired) electrons. The van der Waals surface area contributed by atoms with E-state index in [2.05, 4.69) is 22.2 Å². The van der Waals surface area contributed by atoms with Gasteiger partial charge in [0.15, 0.2) is 5.82 Å². The zero-order chi connectivity index (χ0) is 12.3. The van der Waals surface area contributed by atoms with E-state index in [0.717, 1.165) is 31.7 Å². The van der Waals surface area contributed by atoms with Gasteiger partial charge >= 0.3 is 0 Å². The average molecular weight is 239 g/mol. The van der Waals surface area contributed by atoms with Crippen molar-refractivity contribution < 1.29 is 9.50 Å². The summed E-state index contributed by atoms with van der Waals surface area (Å²) >= 11 is 0. The van der Waals surface area contributed by atoms with Crippen LogP contribution in [0.15, 0.2) is 12.4 Å². The monoisotopic (exact) mass is 239 g/mol. The summed E-state index contributed by atoms with van der Waals surface area (Å²) in [6.07, 6.45) is 6.32. The first-order valence-electron chi connectivity index (χ1n) is 6.00. The molecule has 5 heteroatoms. The molecule has 1 saturated carbocycles. The first-order chi connectivity index (χ1) is 8.13. The Morgan fingerprint density at radius 1 is 1.53 bits per heavy atom. The van der Waals surface area contributed by atoms with Gasteiger partial charge in [0.2, 0.25) is 5.95 Å². The summed E-state index contributed by atoms with van der Waals surface area (Å²) in [5.41, 5.74) is -0.352. The van der Waals surface area contributed by atoms with Crippen molar-refractivity contribution >= 4 is 5.95 Å². The first kappa shape index (κ1) is 12.2. The summed E-state index contributed by atoms with van der Waals surface area (Å²) in [7, 11) is 0. The van der Waals surface area contributed by atoms with Crippen molar-refractivity contribution in [1.82, 2.24) is 9.97 Å². The van der Waals surface area contributed by atoms with Crippen LogP contribution in [-0.4, -0.2) is 27.2 Å². The number of aliphatic hydroxyl groups excluding tert-OH is 1. The Labute approximate surface area is 100 Å². The molecule has 94 valence electrons. The number of rotatable bonds is 3. The fourth-order valence-corrected chi connectivity index (χ4v) is 2.57. The van der Waals surface area contributed by atoms with Gasteiger partial charge in [-0.1, -0.05) is 19.8 Å². The van der Waals surface area contributed by atoms with Crippen LogP contribution in [0.5, 0.6) is 0 Å². The third kappa shape index (κ3) is 2.91. The van der Waals surface area contributed by atoms with Gasteiger partial charge in [-0.25, -0.2) is 14.4 Å². The summed E-state index contributed by atoms with van der Waals surface area (Å²) < 4.78 is 12.7. The van der Waals surface area contributed by atoms with Crippen molar-refractivity contribution in [1.29, 1.82) is 0 Å². The smallest absolute Gasteiger partial charge is 0.223 e. The lowest BCUT2D eigenvalue weighted by Crippen LogP contribution is -2.46. The van der Waals surface area contributed by atoms with Crippen LogP contribution in [0.1, 0.15) is 32.6 Å². The fraction of sp³-hybridized carbons (Fsp3) is 0.667. The predicted octanol–water partition coefficient (Wildman–Crippen LogP) is 1.97. The van der Waals surface area contributed by atoms with Crippen LogP contribution in [0.3, 0.4) is 0 Å². The molecule has 1 fully saturated rings. The minimum Gasteiger partial charge on any atom is -0.394 e. The van der Waals surface area contributed by atoms with E-state index >= 15 is 0 Å². The number of hydrogen-bond donors (Lipinski definition) is 2. The van der Waals surface area contributed by atoms with Gasteiger partial charge in [0.25, 0.3) is 0 Å². The molecule has 17 heavy (non-hydrogen) atoms. The maximum absolute atomic E-state index is 12.7. The van der Waals surface area contributed by atoms with E-state index in [9.17, 15) is 9.50 Å². The van der Waals surface area contributed by atoms with Crippen LogP contribution in [0.2, 0.25) is 0 Å². The van der Waals surface area contributed by atoms with E-state index in [1.165, 1.54) is 6.42 Å². The molecule has 2 unspecified atom stereocenters. The number of hydrogen-bond acceptors (Lipinski definition) is 4. The zero-order valence-corrected chi connectivity index (χ0v) is 9.99. The van der Waals surface area contributed by atoms with Gasteiger partial charge in [-0.3, -0.25) is 0 Å². The Bertz CT molecular complexity index is 371. The molecule has 1 aromatic rings. The molecule has 2 atom stereocenters. The van der Waals surface area contributed by atoms with Crippen LogP contribution < -0.4 is 5.32 Å². The molecule has 0 aromatic carbocycles. The third-order valence-corrected chi connectivity index (χ3v) is 3.39. The van der Waals surface area contributed by atoms with Gasteiger partial charge in [0.1, 0.15) is 0 Å². The quantitative estimate of drug-likeness (QED) is 0.846. The largest absolute Gasteiger partial charge is 0.394 e. The fourth-order valence-electron chi connectivity index (χ4n) is 2.57. The van der Waals surface area contributed by atoms with Gasteiger partial charge in [0.05, 0.1) is 24.5 Å². The SMILES string of the molecule is CC1CCCC(CO)(Nc2ncc(F)cn2)C1. The predicted molar refractivity (Wildman–Crippen MR) is 63.1 cm³/mol. The Balaban J connectivity index is 2.10. The molecule has 0 amide bonds. The highest BCUT2D eigenvalue weighted by Crippen LogP contribution is 2.33. The standard InChI is InChI=1S/C12H18FN3O/c1-9-3-2-4-12(5-9,8-17)16-11-14-6-10(13)7-15-11/h6-7,9,17H,2-5,8H2,1H3,(H,14,15,16). The number of halogens is 1. The Hall–Kier alpha value is -1.23. The summed E-state index contributed by atoms with van der Waals surface area (Å²) in [6.45, 7) is 2.23. The second-order valence-electron chi connectivity index (χ2n) is 4.99. The van der Waals surface area contributed by atoms with Gasteiger partial charge < -0.3 is 10.4 Å². The number of nitrogens with zero attached hydrogens (tertiary/aromatic N) is 2. The number of nitrogens with one attached hydrogen (secondary N) is 1. The van der Waals surface area contributed by atoms with Gasteiger partial charge in [-0.2, -0.15) is 0 Å². The number of aliphatic hydroxyl groups is 1. The maximum Gasteiger partial charge on any atom is 0.223 e. The number of anilines is 1. The highest BCUT2D eigenvalue weighted by Gasteiger charge is 2.34. The second-order valence-corrected chi connectivity index (χ2v) is 4.99. The highest BCUT2D eigenvalue weighted by molar-refractivity contribution is 5.29. The van der Waals surface area contributed by atoms with Gasteiger partial charge in [0, 0.05) is 0 Å². The second kappa shape index (κ2) is 4.96. The minimum atomic E-state index is -0.453. The van der Waals surface area contributed by atoms with E-state index in [-0.39, 0.29) is 12.1 Å². The molecule has 2 N–H and O–H groups in total. The Morgan fingerprint density at radius 2 is 2.24 bits per heavy atom. The average Bonchev–Trinajstić information content (AvgIpc) is 2.32. The van der Waals surface area contributed by atoms with Crippen molar-refractivity contribution in [2.75, 3.05) is 11.9 Å². The molecule has 1 aliphatic carbocycles. The van der Waals surface area contributed by atoms with Crippen LogP contribution >= 0.6 is 0 Å². The summed E-state index contributed by atoms with van der Waals surface area (Å²) in [6, 6.07) is 0. The molecule has 0 aliphatic heterocycles. The van der Waals surface area contributed by atoms with Crippen molar-refractivity contribution in [2.45, 2.75) is 38.1 Å². The highest BCUT2D eigenvalue weighted by atomic mass is 19.1. The summed E-state index contributed by atoms with van der Waals surface area (Å²) in [5, 5.41) is 12.7. The summed E-state index contributed by atoms with van der Waals surface area (Å²) in [5.74, 6) is 0.504. The molecule has 0 saturated heterocycles. The maximum atomic E-state index is 12.7. The summed E-state index contributed by atoms with van der Waals surface area (Å²) in [4.78, 5) is 7.76. The molecule has 4 nitrogen and oxygen atoms in total. The molecule has 0 spiro atoms. The Morgan fingerprint density at radius 3 is 2.82 bits per heavy atom. The van der Waals surface area contributed by atoms with Crippen LogP contribution in [0, 0.1) is 11.7 Å². The van der Waals surface area contributed by atoms with Crippen molar-refractivity contribution in [3.05, 3.63) is 18.2 Å². The Kier molecular flexibility index (Phi) is 3.57. The lowest BCUT2D eigenvalue weighted by molar-refractivity contribution is 0.149. The molecular formula is C12H18FN3O. The zero-order valence-electron chi connectivity index (χ0n) is 9.99. The molecule has 2 rings (SSSR count). The lowest BCUT2D eigenvalue weighted by Gasteiger charge is -2.39. The lowest BCUT2D eigenvalue weighted by atomic mass is 9.77. The minimum absolute atomic E-state index is 0.0536. The van der Waals surface area contributed by atoms with E-state index in [4.69, 9.17) is 0 Å². The van der Waals surface area contributed by atoms with Gasteiger partial charge in [-0.15, -0.1) is 0 Å². The van der Waals surface area contributed by atoms with Crippen LogP contribution in [0.4, 0.5) is 10.3 Å². The molecule has 1 aliphatic rings. The molecule has 1 aromatic heterocycles. The van der Waals surface area contributed by atoms with E-state index in [1.807, 2.05) is 0 Å².